The molecule has 3 N–H and O–H groups in total. The summed E-state index contributed by atoms with van der Waals surface area (Å²) in [4.78, 5) is 12.1. The molecule has 0 aromatic heterocycles. The van der Waals surface area contributed by atoms with Crippen molar-refractivity contribution in [1.82, 2.24) is 10.6 Å². The number of carbonyl (C=O) groups excluding carboxylic acids is 1. The van der Waals surface area contributed by atoms with Crippen LogP contribution in [0.3, 0.4) is 0 Å². The van der Waals surface area contributed by atoms with E-state index in [1.807, 2.05) is 20.8 Å². The maximum absolute atomic E-state index is 12.1. The van der Waals surface area contributed by atoms with Crippen LogP contribution >= 0.6 is 0 Å². The highest BCUT2D eigenvalue weighted by Crippen LogP contribution is 2.37. The summed E-state index contributed by atoms with van der Waals surface area (Å²) >= 11 is 0. The zero-order chi connectivity index (χ0) is 15.4. The molecule has 20 heavy (non-hydrogen) atoms. The molecule has 0 aromatic rings. The van der Waals surface area contributed by atoms with Crippen LogP contribution in [0.5, 0.6) is 0 Å². The van der Waals surface area contributed by atoms with Gasteiger partial charge in [-0.3, -0.25) is 15.4 Å². The Hall–Kier alpha value is -0.710. The van der Waals surface area contributed by atoms with Gasteiger partial charge in [0.15, 0.2) is 5.78 Å². The Morgan fingerprint density at radius 3 is 2.20 bits per heavy atom. The van der Waals surface area contributed by atoms with Gasteiger partial charge in [-0.2, -0.15) is 0 Å². The summed E-state index contributed by atoms with van der Waals surface area (Å²) in [6.07, 6.45) is 3.41. The van der Waals surface area contributed by atoms with Crippen molar-refractivity contribution < 1.29 is 9.90 Å². The number of rotatable bonds is 6. The van der Waals surface area contributed by atoms with Crippen molar-refractivity contribution in [2.45, 2.75) is 65.6 Å². The molecule has 4 nitrogen and oxygen atoms in total. The minimum Gasteiger partial charge on any atom is -0.384 e. The molecule has 0 radical (unpaired) electrons. The molecule has 0 saturated heterocycles. The highest BCUT2D eigenvalue weighted by Gasteiger charge is 2.45. The minimum atomic E-state index is -0.939. The van der Waals surface area contributed by atoms with Crippen LogP contribution in [0.4, 0.5) is 0 Å². The summed E-state index contributed by atoms with van der Waals surface area (Å²) in [5.74, 6) is -0.189. The molecule has 1 unspecified atom stereocenters. The predicted molar refractivity (Wildman–Crippen MR) is 82.5 cm³/mol. The van der Waals surface area contributed by atoms with Gasteiger partial charge in [0.1, 0.15) is 6.10 Å². The average molecular weight is 282 g/mol. The monoisotopic (exact) mass is 282 g/mol. The summed E-state index contributed by atoms with van der Waals surface area (Å²) in [7, 11) is 0. The molecule has 0 aliphatic heterocycles. The number of hydrogen-bond donors (Lipinski definition) is 3. The van der Waals surface area contributed by atoms with Crippen molar-refractivity contribution >= 4 is 5.78 Å². The lowest BCUT2D eigenvalue weighted by atomic mass is 9.77. The molecular weight excluding hydrogens is 252 g/mol. The third-order valence-corrected chi connectivity index (χ3v) is 4.12. The Bertz CT molecular complexity index is 367. The van der Waals surface area contributed by atoms with Crippen molar-refractivity contribution in [3.05, 3.63) is 11.6 Å². The maximum atomic E-state index is 12.1. The van der Waals surface area contributed by atoms with Crippen LogP contribution in [-0.2, 0) is 4.79 Å². The summed E-state index contributed by atoms with van der Waals surface area (Å²) in [6, 6.07) is 0. The molecule has 0 heterocycles. The lowest BCUT2D eigenvalue weighted by molar-refractivity contribution is -0.128. The minimum absolute atomic E-state index is 0.189. The zero-order valence-electron chi connectivity index (χ0n) is 13.5. The van der Waals surface area contributed by atoms with Crippen LogP contribution < -0.4 is 10.6 Å². The molecule has 4 heteroatoms. The second kappa shape index (κ2) is 6.83. The first-order chi connectivity index (χ1) is 9.29. The van der Waals surface area contributed by atoms with Gasteiger partial charge in [0, 0.05) is 5.41 Å². The summed E-state index contributed by atoms with van der Waals surface area (Å²) in [5.41, 5.74) is 0.101. The first-order valence-electron chi connectivity index (χ1n) is 7.70. The smallest absolute Gasteiger partial charge is 0.184 e. The quantitative estimate of drug-likeness (QED) is 0.652. The summed E-state index contributed by atoms with van der Waals surface area (Å²) < 4.78 is 0. The average Bonchev–Trinajstić information content (AvgIpc) is 2.45. The Kier molecular flexibility index (Phi) is 5.92. The standard InChI is InChI=1S/C16H30N2O2/c1-6-8-17-16(18-9-7-2)11-15(4,5)14(20)13(19)10-12(16)3/h10,14,17-18,20H,6-9,11H2,1-5H3. The van der Waals surface area contributed by atoms with E-state index in [4.69, 9.17) is 0 Å². The van der Waals surface area contributed by atoms with Crippen molar-refractivity contribution in [3.8, 4) is 0 Å². The Balaban J connectivity index is 3.16. The van der Waals surface area contributed by atoms with Crippen LogP contribution in [0, 0.1) is 5.41 Å². The number of aliphatic hydroxyl groups is 1. The molecule has 0 bridgehead atoms. The first kappa shape index (κ1) is 17.3. The summed E-state index contributed by atoms with van der Waals surface area (Å²) in [6.45, 7) is 11.9. The Labute approximate surface area is 123 Å². The van der Waals surface area contributed by atoms with E-state index >= 15 is 0 Å². The van der Waals surface area contributed by atoms with E-state index in [0.29, 0.717) is 6.42 Å². The van der Waals surface area contributed by atoms with Crippen molar-refractivity contribution in [3.63, 3.8) is 0 Å². The Morgan fingerprint density at radius 2 is 1.75 bits per heavy atom. The third kappa shape index (κ3) is 3.68. The molecule has 0 spiro atoms. The third-order valence-electron chi connectivity index (χ3n) is 4.12. The number of carbonyl (C=O) groups is 1. The molecular formula is C16H30N2O2. The number of hydrogen-bond acceptors (Lipinski definition) is 4. The lowest BCUT2D eigenvalue weighted by Gasteiger charge is -2.42. The van der Waals surface area contributed by atoms with E-state index in [9.17, 15) is 9.90 Å². The van der Waals surface area contributed by atoms with Gasteiger partial charge < -0.3 is 5.11 Å². The number of aliphatic hydroxyl groups excluding tert-OH is 1. The van der Waals surface area contributed by atoms with E-state index in [1.54, 1.807) is 6.08 Å². The van der Waals surface area contributed by atoms with Gasteiger partial charge >= 0.3 is 0 Å². The van der Waals surface area contributed by atoms with E-state index in [1.165, 1.54) is 0 Å². The van der Waals surface area contributed by atoms with Crippen LogP contribution in [0.15, 0.2) is 11.6 Å². The first-order valence-corrected chi connectivity index (χ1v) is 7.70. The number of ketones is 1. The molecule has 116 valence electrons. The normalized spacial score (nSPS) is 25.2. The zero-order valence-corrected chi connectivity index (χ0v) is 13.5. The molecule has 1 aliphatic rings. The van der Waals surface area contributed by atoms with Gasteiger partial charge in [-0.05, 0) is 50.9 Å². The van der Waals surface area contributed by atoms with Crippen LogP contribution in [0.25, 0.3) is 0 Å². The molecule has 1 rings (SSSR count). The Morgan fingerprint density at radius 1 is 1.25 bits per heavy atom. The molecule has 1 atom stereocenters. The fourth-order valence-corrected chi connectivity index (χ4v) is 2.86. The number of nitrogens with one attached hydrogen (secondary N) is 2. The topological polar surface area (TPSA) is 61.4 Å². The van der Waals surface area contributed by atoms with Gasteiger partial charge in [0.25, 0.3) is 0 Å². The predicted octanol–water partition coefficient (Wildman–Crippen LogP) is 1.99. The van der Waals surface area contributed by atoms with Crippen molar-refractivity contribution in [2.24, 2.45) is 5.41 Å². The maximum Gasteiger partial charge on any atom is 0.184 e. The summed E-state index contributed by atoms with van der Waals surface area (Å²) in [5, 5.41) is 17.4. The molecule has 1 aliphatic carbocycles. The molecule has 0 amide bonds. The fourth-order valence-electron chi connectivity index (χ4n) is 2.86. The van der Waals surface area contributed by atoms with Gasteiger partial charge in [0.05, 0.1) is 5.66 Å². The highest BCUT2D eigenvalue weighted by molar-refractivity contribution is 5.95. The molecule has 0 fully saturated rings. The fraction of sp³-hybridized carbons (Fsp3) is 0.812. The second-order valence-electron chi connectivity index (χ2n) is 6.56. The van der Waals surface area contributed by atoms with Crippen molar-refractivity contribution in [1.29, 1.82) is 0 Å². The lowest BCUT2D eigenvalue weighted by Crippen LogP contribution is -2.60. The van der Waals surface area contributed by atoms with Crippen LogP contribution in [0.2, 0.25) is 0 Å². The van der Waals surface area contributed by atoms with Gasteiger partial charge in [-0.25, -0.2) is 0 Å². The van der Waals surface area contributed by atoms with Crippen molar-refractivity contribution in [2.75, 3.05) is 13.1 Å². The SMILES string of the molecule is CCCNC1(NCCC)CC(C)(C)C(O)C(=O)C=C1C. The largest absolute Gasteiger partial charge is 0.384 e. The molecule has 0 saturated carbocycles. The molecule has 0 aromatic carbocycles. The van der Waals surface area contributed by atoms with E-state index in [2.05, 4.69) is 24.5 Å². The second-order valence-corrected chi connectivity index (χ2v) is 6.56. The van der Waals surface area contributed by atoms with Gasteiger partial charge in [-0.15, -0.1) is 0 Å². The van der Waals surface area contributed by atoms with Gasteiger partial charge in [0.2, 0.25) is 0 Å². The van der Waals surface area contributed by atoms with Crippen LogP contribution in [0.1, 0.15) is 53.9 Å². The highest BCUT2D eigenvalue weighted by atomic mass is 16.3. The van der Waals surface area contributed by atoms with E-state index in [0.717, 1.165) is 31.5 Å². The van der Waals surface area contributed by atoms with Crippen LogP contribution in [-0.4, -0.2) is 35.7 Å². The van der Waals surface area contributed by atoms with E-state index < -0.39 is 17.2 Å². The van der Waals surface area contributed by atoms with E-state index in [-0.39, 0.29) is 5.78 Å². The van der Waals surface area contributed by atoms with Gasteiger partial charge in [-0.1, -0.05) is 27.7 Å².